The molecule has 2 aliphatic rings. The highest BCUT2D eigenvalue weighted by molar-refractivity contribution is 6.00. The third-order valence-corrected chi connectivity index (χ3v) is 5.74. The molecule has 146 valence electrons. The smallest absolute Gasteiger partial charge is 0.245 e. The average molecular weight is 383 g/mol. The van der Waals surface area contributed by atoms with Crippen molar-refractivity contribution in [3.63, 3.8) is 0 Å². The lowest BCUT2D eigenvalue weighted by atomic mass is 9.46. The second-order valence-electron chi connectivity index (χ2n) is 8.32. The molecule has 3 rings (SSSR count). The molecule has 0 spiro atoms. The molecular weight excluding hydrogens is 352 g/mol. The number of carbonyl (C=O) groups excluding carboxylic acids is 1. The molecule has 6 heteroatoms. The molecular formula is C20H31ClN2O3. The van der Waals surface area contributed by atoms with E-state index < -0.39 is 5.54 Å². The summed E-state index contributed by atoms with van der Waals surface area (Å²) in [5.74, 6) is 1.15. The summed E-state index contributed by atoms with van der Waals surface area (Å²) in [4.78, 5) is 13.0. The van der Waals surface area contributed by atoms with Gasteiger partial charge in [0.05, 0.1) is 12.7 Å². The van der Waals surface area contributed by atoms with Gasteiger partial charge >= 0.3 is 0 Å². The van der Waals surface area contributed by atoms with E-state index >= 15 is 0 Å². The standard InChI is InChI=1S/C20H30N2O3.ClH/c1-13(2)12-25-15-8-5-7-14(11-15)22-18(23)20(21)16-9-6-10-24-17(16)19(20,3)4;/h5,7-8,11,13,16-17H,6,9-10,12,21H2,1-4H3,(H,22,23);1H. The molecule has 1 saturated carbocycles. The SMILES string of the molecule is CC(C)COc1cccc(NC(=O)C2(N)C3CCCOC3C2(C)C)c1.Cl. The molecule has 3 N–H and O–H groups in total. The number of rotatable bonds is 5. The van der Waals surface area contributed by atoms with Crippen molar-refractivity contribution in [1.29, 1.82) is 0 Å². The van der Waals surface area contributed by atoms with Gasteiger partial charge in [0.1, 0.15) is 11.3 Å². The van der Waals surface area contributed by atoms with Crippen molar-refractivity contribution in [2.24, 2.45) is 23.0 Å². The van der Waals surface area contributed by atoms with Crippen LogP contribution in [-0.4, -0.2) is 30.8 Å². The van der Waals surface area contributed by atoms with Crippen LogP contribution in [0.15, 0.2) is 24.3 Å². The van der Waals surface area contributed by atoms with Gasteiger partial charge in [0.25, 0.3) is 0 Å². The van der Waals surface area contributed by atoms with Crippen molar-refractivity contribution >= 4 is 24.0 Å². The number of hydrogen-bond donors (Lipinski definition) is 2. The third-order valence-electron chi connectivity index (χ3n) is 5.74. The number of hydrogen-bond acceptors (Lipinski definition) is 4. The minimum absolute atomic E-state index is 0. The highest BCUT2D eigenvalue weighted by atomic mass is 35.5. The normalized spacial score (nSPS) is 29.2. The lowest BCUT2D eigenvalue weighted by molar-refractivity contribution is -0.222. The summed E-state index contributed by atoms with van der Waals surface area (Å²) in [5, 5.41) is 3.00. The summed E-state index contributed by atoms with van der Waals surface area (Å²) in [6.45, 7) is 9.67. The first kappa shape index (κ1) is 21.0. The number of benzene rings is 1. The summed E-state index contributed by atoms with van der Waals surface area (Å²) in [6.07, 6.45) is 1.97. The first-order valence-electron chi connectivity index (χ1n) is 9.21. The number of nitrogens with two attached hydrogens (primary N) is 1. The molecule has 2 fully saturated rings. The molecule has 0 bridgehead atoms. The second-order valence-corrected chi connectivity index (χ2v) is 8.32. The summed E-state index contributed by atoms with van der Waals surface area (Å²) in [5.41, 5.74) is 6.06. The average Bonchev–Trinajstić information content (AvgIpc) is 2.59. The molecule has 1 heterocycles. The first-order valence-corrected chi connectivity index (χ1v) is 9.21. The zero-order valence-electron chi connectivity index (χ0n) is 16.1. The number of halogens is 1. The number of anilines is 1. The van der Waals surface area contributed by atoms with Crippen LogP contribution < -0.4 is 15.8 Å². The molecule has 1 aliphatic heterocycles. The van der Waals surface area contributed by atoms with Crippen LogP contribution in [0.4, 0.5) is 5.69 Å². The Labute approximate surface area is 162 Å². The van der Waals surface area contributed by atoms with Gasteiger partial charge in [-0.15, -0.1) is 12.4 Å². The van der Waals surface area contributed by atoms with Crippen LogP contribution in [0.5, 0.6) is 5.75 Å². The first-order chi connectivity index (χ1) is 11.8. The van der Waals surface area contributed by atoms with E-state index in [1.165, 1.54) is 0 Å². The van der Waals surface area contributed by atoms with Crippen LogP contribution in [0.25, 0.3) is 0 Å². The van der Waals surface area contributed by atoms with Gasteiger partial charge in [0, 0.05) is 29.7 Å². The summed E-state index contributed by atoms with van der Waals surface area (Å²) in [6, 6.07) is 7.50. The maximum atomic E-state index is 13.0. The Morgan fingerprint density at radius 1 is 1.42 bits per heavy atom. The Morgan fingerprint density at radius 2 is 2.15 bits per heavy atom. The molecule has 1 amide bonds. The fourth-order valence-corrected chi connectivity index (χ4v) is 4.20. The Balaban J connectivity index is 0.00000243. The molecule has 1 aromatic carbocycles. The van der Waals surface area contributed by atoms with Gasteiger partial charge in [0.2, 0.25) is 5.91 Å². The quantitative estimate of drug-likeness (QED) is 0.815. The Hall–Kier alpha value is -1.30. The Morgan fingerprint density at radius 3 is 2.85 bits per heavy atom. The molecule has 5 nitrogen and oxygen atoms in total. The lowest BCUT2D eigenvalue weighted by Crippen LogP contribution is -2.81. The van der Waals surface area contributed by atoms with Gasteiger partial charge in [-0.3, -0.25) is 4.79 Å². The number of carbonyl (C=O) groups is 1. The van der Waals surface area contributed by atoms with Crippen LogP contribution in [0.1, 0.15) is 40.5 Å². The molecule has 3 atom stereocenters. The van der Waals surface area contributed by atoms with Gasteiger partial charge in [0.15, 0.2) is 0 Å². The number of ether oxygens (including phenoxy) is 2. The fraction of sp³-hybridized carbons (Fsp3) is 0.650. The zero-order chi connectivity index (χ0) is 18.2. The zero-order valence-corrected chi connectivity index (χ0v) is 16.9. The van der Waals surface area contributed by atoms with Crippen molar-refractivity contribution in [1.82, 2.24) is 0 Å². The number of amides is 1. The molecule has 1 saturated heterocycles. The van der Waals surface area contributed by atoms with Gasteiger partial charge in [-0.2, -0.15) is 0 Å². The Kier molecular flexibility index (Phi) is 6.26. The number of nitrogens with one attached hydrogen (secondary N) is 1. The van der Waals surface area contributed by atoms with E-state index in [0.29, 0.717) is 18.2 Å². The van der Waals surface area contributed by atoms with Crippen molar-refractivity contribution in [2.75, 3.05) is 18.5 Å². The van der Waals surface area contributed by atoms with Crippen LogP contribution in [-0.2, 0) is 9.53 Å². The minimum Gasteiger partial charge on any atom is -0.493 e. The topological polar surface area (TPSA) is 73.6 Å². The monoisotopic (exact) mass is 382 g/mol. The fourth-order valence-electron chi connectivity index (χ4n) is 4.20. The van der Waals surface area contributed by atoms with E-state index in [4.69, 9.17) is 15.2 Å². The molecule has 1 aromatic rings. The van der Waals surface area contributed by atoms with Crippen LogP contribution in [0, 0.1) is 17.3 Å². The van der Waals surface area contributed by atoms with E-state index in [-0.39, 0.29) is 35.8 Å². The van der Waals surface area contributed by atoms with Crippen molar-refractivity contribution < 1.29 is 14.3 Å². The van der Waals surface area contributed by atoms with Crippen molar-refractivity contribution in [3.8, 4) is 5.75 Å². The molecule has 3 unspecified atom stereocenters. The lowest BCUT2D eigenvalue weighted by Gasteiger charge is -2.65. The van der Waals surface area contributed by atoms with E-state index in [1.54, 1.807) is 0 Å². The van der Waals surface area contributed by atoms with Crippen molar-refractivity contribution in [2.45, 2.75) is 52.2 Å². The van der Waals surface area contributed by atoms with Crippen LogP contribution >= 0.6 is 12.4 Å². The minimum atomic E-state index is -0.910. The van der Waals surface area contributed by atoms with E-state index in [2.05, 4.69) is 19.2 Å². The highest BCUT2D eigenvalue weighted by Gasteiger charge is 2.70. The van der Waals surface area contributed by atoms with Gasteiger partial charge in [-0.05, 0) is 30.9 Å². The summed E-state index contributed by atoms with van der Waals surface area (Å²) in [7, 11) is 0. The highest BCUT2D eigenvalue weighted by Crippen LogP contribution is 2.57. The van der Waals surface area contributed by atoms with Crippen LogP contribution in [0.3, 0.4) is 0 Å². The van der Waals surface area contributed by atoms with Crippen LogP contribution in [0.2, 0.25) is 0 Å². The largest absolute Gasteiger partial charge is 0.493 e. The van der Waals surface area contributed by atoms with Gasteiger partial charge in [-0.25, -0.2) is 0 Å². The van der Waals surface area contributed by atoms with E-state index in [0.717, 1.165) is 25.2 Å². The third kappa shape index (κ3) is 3.45. The van der Waals surface area contributed by atoms with E-state index in [1.807, 2.05) is 38.1 Å². The summed E-state index contributed by atoms with van der Waals surface area (Å²) < 4.78 is 11.6. The maximum Gasteiger partial charge on any atom is 0.245 e. The van der Waals surface area contributed by atoms with Crippen molar-refractivity contribution in [3.05, 3.63) is 24.3 Å². The maximum absolute atomic E-state index is 13.0. The number of fused-ring (bicyclic) bond motifs is 1. The Bertz CT molecular complexity index is 650. The van der Waals surface area contributed by atoms with E-state index in [9.17, 15) is 4.79 Å². The predicted octanol–water partition coefficient (Wildman–Crippen LogP) is 3.61. The molecule has 26 heavy (non-hydrogen) atoms. The second kappa shape index (κ2) is 7.75. The molecule has 0 radical (unpaired) electrons. The summed E-state index contributed by atoms with van der Waals surface area (Å²) >= 11 is 0. The molecule has 0 aromatic heterocycles. The predicted molar refractivity (Wildman–Crippen MR) is 106 cm³/mol. The molecule has 1 aliphatic carbocycles. The van der Waals surface area contributed by atoms with Gasteiger partial charge in [-0.1, -0.05) is 33.8 Å². The van der Waals surface area contributed by atoms with Gasteiger partial charge < -0.3 is 20.5 Å².